The van der Waals surface area contributed by atoms with Gasteiger partial charge in [-0.25, -0.2) is 4.98 Å². The van der Waals surface area contributed by atoms with E-state index in [-0.39, 0.29) is 17.2 Å². The zero-order chi connectivity index (χ0) is 18.6. The summed E-state index contributed by atoms with van der Waals surface area (Å²) in [5, 5.41) is 0. The average molecular weight is 362 g/mol. The summed E-state index contributed by atoms with van der Waals surface area (Å²) in [5.74, 6) is 1.36. The molecule has 2 aliphatic rings. The molecule has 0 saturated carbocycles. The first-order valence-corrected chi connectivity index (χ1v) is 9.55. The minimum absolute atomic E-state index is 0.0560. The Labute approximate surface area is 155 Å². The summed E-state index contributed by atoms with van der Waals surface area (Å²) in [5.41, 5.74) is 0.0560. The van der Waals surface area contributed by atoms with Crippen molar-refractivity contribution in [2.75, 3.05) is 39.9 Å². The summed E-state index contributed by atoms with van der Waals surface area (Å²) < 4.78 is 7.16. The number of methoxy groups -OCH3 is 1. The Morgan fingerprint density at radius 1 is 1.31 bits per heavy atom. The maximum absolute atomic E-state index is 12.7. The van der Waals surface area contributed by atoms with Crippen molar-refractivity contribution in [2.45, 2.75) is 45.6 Å². The number of carbonyl (C=O) groups is 2. The summed E-state index contributed by atoms with van der Waals surface area (Å²) in [7, 11) is 1.66. The lowest BCUT2D eigenvalue weighted by atomic mass is 9.73. The number of nitrogens with zero attached hydrogens (tertiary/aromatic N) is 4. The highest BCUT2D eigenvalue weighted by atomic mass is 16.5. The molecule has 0 unspecified atom stereocenters. The minimum Gasteiger partial charge on any atom is -0.383 e. The number of amides is 2. The van der Waals surface area contributed by atoms with Gasteiger partial charge >= 0.3 is 0 Å². The Hall–Kier alpha value is -1.89. The molecule has 0 bridgehead atoms. The number of ether oxygens (including phenoxy) is 1. The summed E-state index contributed by atoms with van der Waals surface area (Å²) in [6.07, 6.45) is 7.76. The normalized spacial score (nSPS) is 23.7. The highest BCUT2D eigenvalue weighted by Gasteiger charge is 2.42. The Balaban J connectivity index is 1.58. The fourth-order valence-electron chi connectivity index (χ4n) is 4.28. The van der Waals surface area contributed by atoms with Crippen LogP contribution in [0.15, 0.2) is 12.4 Å². The molecule has 1 aromatic rings. The fraction of sp³-hybridized carbons (Fsp3) is 0.737. The highest BCUT2D eigenvalue weighted by Crippen LogP contribution is 2.39. The number of hydrogen-bond acceptors (Lipinski definition) is 4. The van der Waals surface area contributed by atoms with Gasteiger partial charge in [0.1, 0.15) is 5.82 Å². The molecule has 7 heteroatoms. The standard InChI is InChI=1S/C19H30N4O3/c1-16-20-8-11-21(16)10-5-18(25)22-9-3-6-19(14-22)7-4-17(24)23(15-19)12-13-26-2/h8,11H,3-7,9-10,12-15H2,1-2H3/t19-/m1/s1. The van der Waals surface area contributed by atoms with E-state index in [9.17, 15) is 9.59 Å². The van der Waals surface area contributed by atoms with E-state index >= 15 is 0 Å². The predicted octanol–water partition coefficient (Wildman–Crippen LogP) is 1.46. The summed E-state index contributed by atoms with van der Waals surface area (Å²) >= 11 is 0. The van der Waals surface area contributed by atoms with Gasteiger partial charge in [0.15, 0.2) is 0 Å². The van der Waals surface area contributed by atoms with Crippen molar-refractivity contribution in [3.8, 4) is 0 Å². The van der Waals surface area contributed by atoms with Gasteiger partial charge in [-0.3, -0.25) is 9.59 Å². The molecule has 26 heavy (non-hydrogen) atoms. The van der Waals surface area contributed by atoms with Gasteiger partial charge in [-0.05, 0) is 26.2 Å². The number of aryl methyl sites for hydroxylation is 2. The predicted molar refractivity (Wildman–Crippen MR) is 97.5 cm³/mol. The molecule has 2 saturated heterocycles. The summed E-state index contributed by atoms with van der Waals surface area (Å²) in [6.45, 7) is 6.18. The molecule has 3 heterocycles. The second kappa shape index (κ2) is 8.20. The van der Waals surface area contributed by atoms with Crippen molar-refractivity contribution in [3.63, 3.8) is 0 Å². The molecule has 2 amide bonds. The Morgan fingerprint density at radius 3 is 2.88 bits per heavy atom. The third-order valence-electron chi connectivity index (χ3n) is 5.82. The van der Waals surface area contributed by atoms with E-state index < -0.39 is 0 Å². The molecular weight excluding hydrogens is 332 g/mol. The molecule has 7 nitrogen and oxygen atoms in total. The van der Waals surface area contributed by atoms with Crippen LogP contribution < -0.4 is 0 Å². The van der Waals surface area contributed by atoms with E-state index in [2.05, 4.69) is 4.98 Å². The molecule has 2 aliphatic heterocycles. The maximum atomic E-state index is 12.7. The van der Waals surface area contributed by atoms with E-state index in [0.717, 1.165) is 44.7 Å². The van der Waals surface area contributed by atoms with Gasteiger partial charge in [-0.1, -0.05) is 0 Å². The quantitative estimate of drug-likeness (QED) is 0.768. The molecule has 0 N–H and O–H groups in total. The largest absolute Gasteiger partial charge is 0.383 e. The summed E-state index contributed by atoms with van der Waals surface area (Å²) in [6, 6.07) is 0. The number of piperidine rings is 2. The van der Waals surface area contributed by atoms with Crippen molar-refractivity contribution < 1.29 is 14.3 Å². The minimum atomic E-state index is 0.0560. The van der Waals surface area contributed by atoms with Gasteiger partial charge in [-0.2, -0.15) is 0 Å². The Kier molecular flexibility index (Phi) is 5.96. The molecule has 2 fully saturated rings. The lowest BCUT2D eigenvalue weighted by Crippen LogP contribution is -2.55. The molecular formula is C19H30N4O3. The van der Waals surface area contributed by atoms with Crippen LogP contribution in [0.5, 0.6) is 0 Å². The number of aromatic nitrogens is 2. The van der Waals surface area contributed by atoms with Crippen LogP contribution in [0, 0.1) is 12.3 Å². The van der Waals surface area contributed by atoms with Gasteiger partial charge < -0.3 is 19.1 Å². The molecule has 0 aliphatic carbocycles. The number of imidazole rings is 1. The fourth-order valence-corrected chi connectivity index (χ4v) is 4.28. The molecule has 1 spiro atoms. The van der Waals surface area contributed by atoms with Crippen molar-refractivity contribution in [1.29, 1.82) is 0 Å². The topological polar surface area (TPSA) is 67.7 Å². The van der Waals surface area contributed by atoms with Crippen molar-refractivity contribution in [1.82, 2.24) is 19.4 Å². The van der Waals surface area contributed by atoms with Crippen molar-refractivity contribution in [3.05, 3.63) is 18.2 Å². The Morgan fingerprint density at radius 2 is 2.15 bits per heavy atom. The Bertz CT molecular complexity index is 644. The van der Waals surface area contributed by atoms with Crippen LogP contribution in [-0.4, -0.2) is 71.1 Å². The van der Waals surface area contributed by atoms with Crippen molar-refractivity contribution in [2.24, 2.45) is 5.41 Å². The second-order valence-corrected chi connectivity index (χ2v) is 7.64. The monoisotopic (exact) mass is 362 g/mol. The number of carbonyl (C=O) groups excluding carboxylic acids is 2. The first-order valence-electron chi connectivity index (χ1n) is 9.55. The van der Waals surface area contributed by atoms with Gasteiger partial charge in [0.05, 0.1) is 6.61 Å². The van der Waals surface area contributed by atoms with Crippen LogP contribution in [0.3, 0.4) is 0 Å². The van der Waals surface area contributed by atoms with E-state index in [1.165, 1.54) is 0 Å². The second-order valence-electron chi connectivity index (χ2n) is 7.64. The van der Waals surface area contributed by atoms with Crippen molar-refractivity contribution >= 4 is 11.8 Å². The maximum Gasteiger partial charge on any atom is 0.224 e. The molecule has 0 aromatic carbocycles. The molecule has 0 radical (unpaired) electrons. The van der Waals surface area contributed by atoms with Crippen LogP contribution in [0.2, 0.25) is 0 Å². The molecule has 3 rings (SSSR count). The number of likely N-dealkylation sites (tertiary alicyclic amines) is 2. The average Bonchev–Trinajstić information content (AvgIpc) is 3.06. The third-order valence-corrected chi connectivity index (χ3v) is 5.82. The molecule has 1 atom stereocenters. The van der Waals surface area contributed by atoms with E-state index in [1.807, 2.05) is 27.5 Å². The van der Waals surface area contributed by atoms with Crippen LogP contribution in [-0.2, 0) is 20.9 Å². The van der Waals surface area contributed by atoms with Crippen LogP contribution >= 0.6 is 0 Å². The van der Waals surface area contributed by atoms with E-state index in [0.29, 0.717) is 32.5 Å². The van der Waals surface area contributed by atoms with Gasteiger partial charge in [0.25, 0.3) is 0 Å². The zero-order valence-corrected chi connectivity index (χ0v) is 15.9. The number of rotatable bonds is 6. The highest BCUT2D eigenvalue weighted by molar-refractivity contribution is 5.78. The zero-order valence-electron chi connectivity index (χ0n) is 15.9. The third kappa shape index (κ3) is 4.26. The van der Waals surface area contributed by atoms with Crippen LogP contribution in [0.4, 0.5) is 0 Å². The van der Waals surface area contributed by atoms with Crippen LogP contribution in [0.1, 0.15) is 37.9 Å². The summed E-state index contributed by atoms with van der Waals surface area (Å²) in [4.78, 5) is 33.1. The van der Waals surface area contributed by atoms with E-state index in [4.69, 9.17) is 4.74 Å². The lowest BCUT2D eigenvalue weighted by Gasteiger charge is -2.48. The molecule has 1 aromatic heterocycles. The SMILES string of the molecule is COCCN1C[C@]2(CCCN(C(=O)CCn3ccnc3C)C2)CCC1=O. The number of hydrogen-bond donors (Lipinski definition) is 0. The smallest absolute Gasteiger partial charge is 0.224 e. The van der Waals surface area contributed by atoms with Gasteiger partial charge in [-0.15, -0.1) is 0 Å². The molecule has 144 valence electrons. The lowest BCUT2D eigenvalue weighted by molar-refractivity contribution is -0.143. The van der Waals surface area contributed by atoms with Gasteiger partial charge in [0, 0.05) is 70.5 Å². The first kappa shape index (κ1) is 18.9. The first-order chi connectivity index (χ1) is 12.5. The van der Waals surface area contributed by atoms with Gasteiger partial charge in [0.2, 0.25) is 11.8 Å². The van der Waals surface area contributed by atoms with Crippen LogP contribution in [0.25, 0.3) is 0 Å². The van der Waals surface area contributed by atoms with E-state index in [1.54, 1.807) is 13.3 Å².